The van der Waals surface area contributed by atoms with Crippen LogP contribution in [0.3, 0.4) is 0 Å². The van der Waals surface area contributed by atoms with E-state index in [0.717, 1.165) is 17.8 Å². The SMILES string of the molecule is Cn1nncc1CNc1cc(F)c(Br)cc1F. The molecule has 0 aliphatic carbocycles. The van der Waals surface area contributed by atoms with Crippen LogP contribution in [0.1, 0.15) is 5.69 Å². The fourth-order valence-electron chi connectivity index (χ4n) is 1.31. The van der Waals surface area contributed by atoms with Crippen LogP contribution in [-0.2, 0) is 13.6 Å². The van der Waals surface area contributed by atoms with Crippen molar-refractivity contribution in [3.05, 3.63) is 40.1 Å². The molecule has 0 spiro atoms. The average molecular weight is 303 g/mol. The third kappa shape index (κ3) is 2.60. The van der Waals surface area contributed by atoms with Crippen molar-refractivity contribution in [3.8, 4) is 0 Å². The fourth-order valence-corrected chi connectivity index (χ4v) is 1.63. The van der Waals surface area contributed by atoms with Gasteiger partial charge < -0.3 is 5.32 Å². The first-order chi connectivity index (χ1) is 8.08. The van der Waals surface area contributed by atoms with Gasteiger partial charge in [-0.25, -0.2) is 8.78 Å². The Hall–Kier alpha value is -1.50. The topological polar surface area (TPSA) is 42.7 Å². The molecule has 0 saturated carbocycles. The molecule has 90 valence electrons. The van der Waals surface area contributed by atoms with Gasteiger partial charge in [0.25, 0.3) is 0 Å². The molecule has 2 rings (SSSR count). The maximum atomic E-state index is 13.5. The molecule has 1 N–H and O–H groups in total. The number of hydrogen-bond donors (Lipinski definition) is 1. The van der Waals surface area contributed by atoms with Gasteiger partial charge in [0.2, 0.25) is 0 Å². The summed E-state index contributed by atoms with van der Waals surface area (Å²) in [5.41, 5.74) is 0.875. The lowest BCUT2D eigenvalue weighted by Gasteiger charge is -2.08. The predicted octanol–water partition coefficient (Wildman–Crippen LogP) is 2.47. The lowest BCUT2D eigenvalue weighted by Crippen LogP contribution is -2.06. The summed E-state index contributed by atoms with van der Waals surface area (Å²) in [5.74, 6) is -1.04. The van der Waals surface area contributed by atoms with Crippen molar-refractivity contribution >= 4 is 21.6 Å². The van der Waals surface area contributed by atoms with E-state index in [1.165, 1.54) is 0 Å². The molecule has 7 heteroatoms. The maximum absolute atomic E-state index is 13.5. The van der Waals surface area contributed by atoms with E-state index in [4.69, 9.17) is 0 Å². The van der Waals surface area contributed by atoms with Crippen LogP contribution in [0.25, 0.3) is 0 Å². The molecule has 0 atom stereocenters. The molecule has 4 nitrogen and oxygen atoms in total. The number of hydrogen-bond acceptors (Lipinski definition) is 3. The van der Waals surface area contributed by atoms with Crippen LogP contribution in [0.2, 0.25) is 0 Å². The molecule has 0 bridgehead atoms. The summed E-state index contributed by atoms with van der Waals surface area (Å²) in [5, 5.41) is 10.2. The predicted molar refractivity (Wildman–Crippen MR) is 62.4 cm³/mol. The van der Waals surface area contributed by atoms with E-state index >= 15 is 0 Å². The van der Waals surface area contributed by atoms with E-state index < -0.39 is 11.6 Å². The lowest BCUT2D eigenvalue weighted by atomic mass is 10.3. The summed E-state index contributed by atoms with van der Waals surface area (Å²) >= 11 is 2.91. The number of nitrogens with one attached hydrogen (secondary N) is 1. The van der Waals surface area contributed by atoms with E-state index in [0.29, 0.717) is 6.54 Å². The van der Waals surface area contributed by atoms with E-state index in [2.05, 4.69) is 31.6 Å². The second-order valence-corrected chi connectivity index (χ2v) is 4.30. The molecular weight excluding hydrogens is 294 g/mol. The molecule has 2 aromatic rings. The number of benzene rings is 1. The summed E-state index contributed by atoms with van der Waals surface area (Å²) in [6.45, 7) is 0.321. The minimum Gasteiger partial charge on any atom is -0.377 e. The van der Waals surface area contributed by atoms with Crippen LogP contribution < -0.4 is 5.32 Å². The molecule has 0 saturated heterocycles. The average Bonchev–Trinajstić information content (AvgIpc) is 2.68. The Bertz CT molecular complexity index is 541. The zero-order valence-electron chi connectivity index (χ0n) is 8.91. The number of rotatable bonds is 3. The van der Waals surface area contributed by atoms with Crippen LogP contribution in [0.5, 0.6) is 0 Å². The molecule has 0 amide bonds. The summed E-state index contributed by atoms with van der Waals surface area (Å²) in [6, 6.07) is 2.18. The molecule has 0 fully saturated rings. The van der Waals surface area contributed by atoms with Gasteiger partial charge in [-0.05, 0) is 22.0 Å². The first kappa shape index (κ1) is 12.0. The molecule has 0 aliphatic rings. The highest BCUT2D eigenvalue weighted by Crippen LogP contribution is 2.23. The van der Waals surface area contributed by atoms with Crippen molar-refractivity contribution in [2.24, 2.45) is 7.05 Å². The number of halogens is 3. The molecular formula is C10H9BrF2N4. The Morgan fingerprint density at radius 1 is 1.35 bits per heavy atom. The number of nitrogens with zero attached hydrogens (tertiary/aromatic N) is 3. The van der Waals surface area contributed by atoms with Crippen molar-refractivity contribution in [1.29, 1.82) is 0 Å². The zero-order valence-corrected chi connectivity index (χ0v) is 10.5. The Morgan fingerprint density at radius 3 is 2.76 bits per heavy atom. The van der Waals surface area contributed by atoms with Crippen LogP contribution in [0.4, 0.5) is 14.5 Å². The summed E-state index contributed by atoms with van der Waals surface area (Å²) < 4.78 is 28.3. The van der Waals surface area contributed by atoms with Gasteiger partial charge in [-0.3, -0.25) is 4.68 Å². The standard InChI is InChI=1S/C10H9BrF2N4/c1-17-6(5-15-16-17)4-14-10-3-8(12)7(11)2-9(10)13/h2-3,5,14H,4H2,1H3. The van der Waals surface area contributed by atoms with Crippen LogP contribution in [-0.4, -0.2) is 15.0 Å². The maximum Gasteiger partial charge on any atom is 0.147 e. The third-order valence-electron chi connectivity index (χ3n) is 2.28. The lowest BCUT2D eigenvalue weighted by molar-refractivity contribution is 0.596. The second kappa shape index (κ2) is 4.79. The van der Waals surface area contributed by atoms with Crippen LogP contribution >= 0.6 is 15.9 Å². The normalized spacial score (nSPS) is 10.6. The van der Waals surface area contributed by atoms with Gasteiger partial charge in [-0.15, -0.1) is 5.10 Å². The highest BCUT2D eigenvalue weighted by atomic mass is 79.9. The van der Waals surface area contributed by atoms with Gasteiger partial charge in [-0.2, -0.15) is 0 Å². The van der Waals surface area contributed by atoms with Gasteiger partial charge in [0, 0.05) is 13.1 Å². The van der Waals surface area contributed by atoms with E-state index in [1.807, 2.05) is 0 Å². The highest BCUT2D eigenvalue weighted by molar-refractivity contribution is 9.10. The Labute approximate surface area is 105 Å². The Balaban J connectivity index is 2.14. The molecule has 1 aromatic heterocycles. The Morgan fingerprint density at radius 2 is 2.12 bits per heavy atom. The first-order valence-electron chi connectivity index (χ1n) is 4.80. The van der Waals surface area contributed by atoms with Crippen molar-refractivity contribution in [2.75, 3.05) is 5.32 Å². The molecule has 0 aliphatic heterocycles. The zero-order chi connectivity index (χ0) is 12.4. The summed E-state index contributed by atoms with van der Waals surface area (Å²) in [7, 11) is 1.72. The van der Waals surface area contributed by atoms with E-state index in [1.54, 1.807) is 17.9 Å². The first-order valence-corrected chi connectivity index (χ1v) is 5.59. The number of aryl methyl sites for hydroxylation is 1. The number of anilines is 1. The van der Waals surface area contributed by atoms with Crippen molar-refractivity contribution < 1.29 is 8.78 Å². The quantitative estimate of drug-likeness (QED) is 0.886. The minimum absolute atomic E-state index is 0.0998. The van der Waals surface area contributed by atoms with Crippen molar-refractivity contribution in [1.82, 2.24) is 15.0 Å². The van der Waals surface area contributed by atoms with E-state index in [-0.39, 0.29) is 10.2 Å². The van der Waals surface area contributed by atoms with Gasteiger partial charge in [-0.1, -0.05) is 5.21 Å². The van der Waals surface area contributed by atoms with Crippen LogP contribution in [0.15, 0.2) is 22.8 Å². The molecule has 1 aromatic carbocycles. The van der Waals surface area contributed by atoms with Gasteiger partial charge in [0.1, 0.15) is 11.6 Å². The largest absolute Gasteiger partial charge is 0.377 e. The van der Waals surface area contributed by atoms with Crippen molar-refractivity contribution in [3.63, 3.8) is 0 Å². The summed E-state index contributed by atoms with van der Waals surface area (Å²) in [4.78, 5) is 0. The van der Waals surface area contributed by atoms with Crippen LogP contribution in [0, 0.1) is 11.6 Å². The fraction of sp³-hybridized carbons (Fsp3) is 0.200. The molecule has 0 radical (unpaired) electrons. The third-order valence-corrected chi connectivity index (χ3v) is 2.89. The molecule has 0 unspecified atom stereocenters. The Kier molecular flexibility index (Phi) is 3.37. The number of aromatic nitrogens is 3. The minimum atomic E-state index is -0.520. The van der Waals surface area contributed by atoms with Crippen molar-refractivity contribution in [2.45, 2.75) is 6.54 Å². The summed E-state index contributed by atoms with van der Waals surface area (Å²) in [6.07, 6.45) is 1.56. The van der Waals surface area contributed by atoms with Gasteiger partial charge in [0.05, 0.1) is 28.6 Å². The van der Waals surface area contributed by atoms with Gasteiger partial charge >= 0.3 is 0 Å². The molecule has 1 heterocycles. The smallest absolute Gasteiger partial charge is 0.147 e. The highest BCUT2D eigenvalue weighted by Gasteiger charge is 2.08. The monoisotopic (exact) mass is 302 g/mol. The van der Waals surface area contributed by atoms with Gasteiger partial charge in [0.15, 0.2) is 0 Å². The van der Waals surface area contributed by atoms with E-state index in [9.17, 15) is 8.78 Å². The second-order valence-electron chi connectivity index (χ2n) is 3.45. The molecule has 17 heavy (non-hydrogen) atoms.